The van der Waals surface area contributed by atoms with Gasteiger partial charge in [0.25, 0.3) is 0 Å². The molecule has 4 aromatic carbocycles. The van der Waals surface area contributed by atoms with E-state index in [9.17, 15) is 9.59 Å². The maximum atomic E-state index is 13.3. The Morgan fingerprint density at radius 2 is 1.55 bits per heavy atom. The molecular weight excluding hydrogens is 586 g/mol. The van der Waals surface area contributed by atoms with Crippen LogP contribution in [0.1, 0.15) is 41.7 Å². The van der Waals surface area contributed by atoms with E-state index in [1.165, 1.54) is 5.56 Å². The quantitative estimate of drug-likeness (QED) is 0.187. The molecular formula is C39H35N5O3. The molecule has 0 bridgehead atoms. The van der Waals surface area contributed by atoms with Gasteiger partial charge in [-0.2, -0.15) is 0 Å². The molecule has 0 amide bonds. The lowest BCUT2D eigenvalue weighted by molar-refractivity contribution is 0.0527. The number of hydrogen-bond donors (Lipinski definition) is 1. The van der Waals surface area contributed by atoms with Gasteiger partial charge in [0.2, 0.25) is 0 Å². The summed E-state index contributed by atoms with van der Waals surface area (Å²) in [5, 5.41) is 0. The summed E-state index contributed by atoms with van der Waals surface area (Å²) in [5.41, 5.74) is 9.79. The van der Waals surface area contributed by atoms with E-state index in [0.29, 0.717) is 12.2 Å². The second kappa shape index (κ2) is 12.0. The minimum absolute atomic E-state index is 0.0237. The van der Waals surface area contributed by atoms with Gasteiger partial charge in [0.15, 0.2) is 0 Å². The molecule has 0 radical (unpaired) electrons. The van der Waals surface area contributed by atoms with Crippen molar-refractivity contribution in [3.05, 3.63) is 131 Å². The first-order valence-corrected chi connectivity index (χ1v) is 16.3. The number of aromatic amines is 1. The Bertz CT molecular complexity index is 2290. The number of nitrogens with one attached hydrogen (secondary N) is 1. The Kier molecular flexibility index (Phi) is 7.42. The molecule has 8 nitrogen and oxygen atoms in total. The zero-order valence-corrected chi connectivity index (χ0v) is 26.2. The predicted molar refractivity (Wildman–Crippen MR) is 186 cm³/mol. The third kappa shape index (κ3) is 5.20. The number of benzene rings is 4. The van der Waals surface area contributed by atoms with Crippen LogP contribution < -0.4 is 5.69 Å². The molecule has 1 N–H and O–H groups in total. The Balaban J connectivity index is 1.11. The maximum absolute atomic E-state index is 13.3. The summed E-state index contributed by atoms with van der Waals surface area (Å²) in [6.07, 6.45) is 3.75. The molecule has 8 heteroatoms. The molecule has 1 aliphatic heterocycles. The number of aromatic nitrogens is 4. The molecule has 4 heterocycles. The second-order valence-electron chi connectivity index (χ2n) is 12.2. The van der Waals surface area contributed by atoms with Gasteiger partial charge in [0, 0.05) is 43.0 Å². The fourth-order valence-electron chi connectivity index (χ4n) is 7.13. The Hall–Kier alpha value is -5.47. The predicted octanol–water partition coefficient (Wildman–Crippen LogP) is 7.48. The number of hydrogen-bond acceptors (Lipinski definition) is 5. The molecule has 1 saturated heterocycles. The number of rotatable bonds is 7. The molecule has 1 aliphatic rings. The lowest BCUT2D eigenvalue weighted by Crippen LogP contribution is -2.36. The molecule has 1 fully saturated rings. The van der Waals surface area contributed by atoms with Gasteiger partial charge in [-0.1, -0.05) is 78.9 Å². The van der Waals surface area contributed by atoms with Gasteiger partial charge in [0.05, 0.1) is 45.4 Å². The molecule has 47 heavy (non-hydrogen) atoms. The highest BCUT2D eigenvalue weighted by Gasteiger charge is 2.26. The molecule has 7 aromatic rings. The molecule has 0 spiro atoms. The van der Waals surface area contributed by atoms with E-state index < -0.39 is 0 Å². The normalized spacial score (nSPS) is 14.3. The van der Waals surface area contributed by atoms with Crippen molar-refractivity contribution in [2.75, 3.05) is 19.7 Å². The highest BCUT2D eigenvalue weighted by atomic mass is 16.5. The third-order valence-corrected chi connectivity index (χ3v) is 9.34. The van der Waals surface area contributed by atoms with E-state index in [1.807, 2.05) is 96.6 Å². The highest BCUT2D eigenvalue weighted by Crippen LogP contribution is 2.38. The van der Waals surface area contributed by atoms with E-state index in [-0.39, 0.29) is 17.7 Å². The van der Waals surface area contributed by atoms with E-state index in [2.05, 4.69) is 38.6 Å². The number of H-pyrrole nitrogens is 1. The van der Waals surface area contributed by atoms with Crippen molar-refractivity contribution in [2.24, 2.45) is 0 Å². The Morgan fingerprint density at radius 3 is 2.32 bits per heavy atom. The van der Waals surface area contributed by atoms with Gasteiger partial charge < -0.3 is 14.1 Å². The van der Waals surface area contributed by atoms with Crippen LogP contribution in [0.3, 0.4) is 0 Å². The van der Waals surface area contributed by atoms with Crippen molar-refractivity contribution in [1.29, 1.82) is 0 Å². The summed E-state index contributed by atoms with van der Waals surface area (Å²) in [6, 6.07) is 34.8. The van der Waals surface area contributed by atoms with Gasteiger partial charge in [-0.3, -0.25) is 9.47 Å². The minimum Gasteiger partial charge on any atom is -0.462 e. The van der Waals surface area contributed by atoms with Crippen molar-refractivity contribution >= 4 is 33.6 Å². The number of imidazole rings is 1. The first kappa shape index (κ1) is 29.0. The molecule has 0 unspecified atom stereocenters. The van der Waals surface area contributed by atoms with Crippen molar-refractivity contribution in [3.8, 4) is 22.4 Å². The second-order valence-corrected chi connectivity index (χ2v) is 12.2. The fraction of sp³-hybridized carbons (Fsp3) is 0.205. The first-order chi connectivity index (χ1) is 23.1. The number of ether oxygens (including phenoxy) is 1. The Labute approximate surface area is 271 Å². The Morgan fingerprint density at radius 1 is 0.851 bits per heavy atom. The van der Waals surface area contributed by atoms with Crippen LogP contribution in [0.25, 0.3) is 50.0 Å². The summed E-state index contributed by atoms with van der Waals surface area (Å²) in [6.45, 7) is 4.81. The molecule has 0 aliphatic carbocycles. The van der Waals surface area contributed by atoms with E-state index >= 15 is 0 Å². The zero-order valence-electron chi connectivity index (χ0n) is 26.2. The first-order valence-electron chi connectivity index (χ1n) is 16.3. The SMILES string of the molecule is CCOC(=O)c1cn2c(c(-c3ccc(CN4CCC(n5c(=O)[nH]c6ccccc65)CC4)cc3)nc3ccccc32)c1-c1ccccc1. The topological polar surface area (TPSA) is 84.6 Å². The molecule has 3 aromatic heterocycles. The summed E-state index contributed by atoms with van der Waals surface area (Å²) in [7, 11) is 0. The van der Waals surface area contributed by atoms with Gasteiger partial charge in [-0.25, -0.2) is 14.6 Å². The van der Waals surface area contributed by atoms with Crippen molar-refractivity contribution in [3.63, 3.8) is 0 Å². The number of para-hydroxylation sites is 4. The smallest absolute Gasteiger partial charge is 0.340 e. The van der Waals surface area contributed by atoms with Gasteiger partial charge >= 0.3 is 11.7 Å². The number of carbonyl (C=O) groups is 1. The van der Waals surface area contributed by atoms with Crippen LogP contribution in [0.4, 0.5) is 0 Å². The van der Waals surface area contributed by atoms with Crippen LogP contribution >= 0.6 is 0 Å². The molecule has 0 saturated carbocycles. The summed E-state index contributed by atoms with van der Waals surface area (Å²) < 4.78 is 9.55. The van der Waals surface area contributed by atoms with Gasteiger partial charge in [-0.15, -0.1) is 0 Å². The summed E-state index contributed by atoms with van der Waals surface area (Å²) in [4.78, 5) is 36.7. The molecule has 8 rings (SSSR count). The molecule has 234 valence electrons. The van der Waals surface area contributed by atoms with Crippen LogP contribution in [-0.4, -0.2) is 49.5 Å². The van der Waals surface area contributed by atoms with Gasteiger partial charge in [-0.05, 0) is 55.2 Å². The monoisotopic (exact) mass is 621 g/mol. The number of carbonyl (C=O) groups excluding carboxylic acids is 1. The van der Waals surface area contributed by atoms with Gasteiger partial charge in [0.1, 0.15) is 0 Å². The maximum Gasteiger partial charge on any atom is 0.340 e. The number of esters is 1. The van der Waals surface area contributed by atoms with Crippen LogP contribution in [-0.2, 0) is 11.3 Å². The van der Waals surface area contributed by atoms with E-state index in [0.717, 1.165) is 82.4 Å². The summed E-state index contributed by atoms with van der Waals surface area (Å²) >= 11 is 0. The number of nitrogens with zero attached hydrogens (tertiary/aromatic N) is 4. The van der Waals surface area contributed by atoms with Crippen LogP contribution in [0, 0.1) is 0 Å². The average Bonchev–Trinajstić information content (AvgIpc) is 3.68. The average molecular weight is 622 g/mol. The largest absolute Gasteiger partial charge is 0.462 e. The van der Waals surface area contributed by atoms with Crippen molar-refractivity contribution < 1.29 is 9.53 Å². The lowest BCUT2D eigenvalue weighted by atomic mass is 9.99. The third-order valence-electron chi connectivity index (χ3n) is 9.34. The van der Waals surface area contributed by atoms with Crippen LogP contribution in [0.15, 0.2) is 114 Å². The van der Waals surface area contributed by atoms with Crippen LogP contribution in [0.5, 0.6) is 0 Å². The number of fused-ring (bicyclic) bond motifs is 4. The lowest BCUT2D eigenvalue weighted by Gasteiger charge is -2.32. The molecule has 0 atom stereocenters. The number of piperidine rings is 1. The minimum atomic E-state index is -0.348. The standard InChI is InChI=1S/C39H35N5O3/c1-2-47-38(45)30-25-43-33-14-8-6-12-31(33)40-36(37(43)35(30)27-10-4-3-5-11-27)28-18-16-26(17-19-28)24-42-22-20-29(21-23-42)44-34-15-9-7-13-32(34)41-39(44)46/h3-19,25,29H,2,20-24H2,1H3,(H,41,46). The zero-order chi connectivity index (χ0) is 31.9. The highest BCUT2D eigenvalue weighted by molar-refractivity contribution is 6.07. The van der Waals surface area contributed by atoms with Crippen molar-refractivity contribution in [2.45, 2.75) is 32.4 Å². The van der Waals surface area contributed by atoms with E-state index in [4.69, 9.17) is 9.72 Å². The fourth-order valence-corrected chi connectivity index (χ4v) is 7.13. The van der Waals surface area contributed by atoms with Crippen molar-refractivity contribution in [1.82, 2.24) is 23.8 Å². The number of likely N-dealkylation sites (tertiary alicyclic amines) is 1. The van der Waals surface area contributed by atoms with Crippen LogP contribution in [0.2, 0.25) is 0 Å². The van der Waals surface area contributed by atoms with E-state index in [1.54, 1.807) is 0 Å². The summed E-state index contributed by atoms with van der Waals surface area (Å²) in [5.74, 6) is -0.348.